The first kappa shape index (κ1) is 14.0. The predicted molar refractivity (Wildman–Crippen MR) is 65.6 cm³/mol. The van der Waals surface area contributed by atoms with Crippen molar-refractivity contribution in [1.29, 1.82) is 0 Å². The van der Waals surface area contributed by atoms with Gasteiger partial charge in [-0.3, -0.25) is 0 Å². The maximum atomic E-state index is 3.69. The molecule has 0 rings (SSSR count). The van der Waals surface area contributed by atoms with Crippen molar-refractivity contribution in [3.8, 4) is 0 Å². The maximum Gasteiger partial charge on any atom is 0.00951 e. The minimum Gasteiger partial charge on any atom is -0.314 e. The van der Waals surface area contributed by atoms with Crippen molar-refractivity contribution in [2.45, 2.75) is 66.3 Å². The average molecular weight is 199 g/mol. The predicted octanol–water partition coefficient (Wildman–Crippen LogP) is 3.84. The van der Waals surface area contributed by atoms with Crippen molar-refractivity contribution in [2.24, 2.45) is 11.8 Å². The van der Waals surface area contributed by atoms with Gasteiger partial charge in [-0.2, -0.15) is 0 Å². The fourth-order valence-electron chi connectivity index (χ4n) is 1.77. The van der Waals surface area contributed by atoms with Crippen molar-refractivity contribution in [2.75, 3.05) is 6.54 Å². The molecule has 2 unspecified atom stereocenters. The second-order valence-electron chi connectivity index (χ2n) is 4.81. The third-order valence-corrected chi connectivity index (χ3v) is 3.21. The molecule has 0 radical (unpaired) electrons. The summed E-state index contributed by atoms with van der Waals surface area (Å²) in [4.78, 5) is 0. The quantitative estimate of drug-likeness (QED) is 0.626. The lowest BCUT2D eigenvalue weighted by atomic mass is 9.87. The van der Waals surface area contributed by atoms with Crippen LogP contribution in [0.4, 0.5) is 0 Å². The Labute approximate surface area is 90.7 Å². The van der Waals surface area contributed by atoms with Crippen LogP contribution in [0, 0.1) is 11.8 Å². The topological polar surface area (TPSA) is 12.0 Å². The minimum absolute atomic E-state index is 0.731. The molecule has 1 heteroatoms. The third kappa shape index (κ3) is 5.64. The molecule has 0 aromatic rings. The van der Waals surface area contributed by atoms with Crippen molar-refractivity contribution < 1.29 is 0 Å². The Hall–Kier alpha value is -0.0400. The van der Waals surface area contributed by atoms with Crippen molar-refractivity contribution in [1.82, 2.24) is 5.32 Å². The van der Waals surface area contributed by atoms with Gasteiger partial charge in [-0.1, -0.05) is 47.5 Å². The Kier molecular flexibility index (Phi) is 8.26. The first-order valence-corrected chi connectivity index (χ1v) is 6.36. The molecular formula is C13H29N. The number of hydrogen-bond acceptors (Lipinski definition) is 1. The molecule has 0 aliphatic rings. The number of rotatable bonds is 8. The smallest absolute Gasteiger partial charge is 0.00951 e. The van der Waals surface area contributed by atoms with Gasteiger partial charge in [0.2, 0.25) is 0 Å². The SMILES string of the molecule is CCCCC(NCCC)C(C)C(C)C. The highest BCUT2D eigenvalue weighted by Gasteiger charge is 2.18. The van der Waals surface area contributed by atoms with Gasteiger partial charge in [0.25, 0.3) is 0 Å². The van der Waals surface area contributed by atoms with Crippen LogP contribution in [-0.4, -0.2) is 12.6 Å². The van der Waals surface area contributed by atoms with Gasteiger partial charge in [0.05, 0.1) is 0 Å². The lowest BCUT2D eigenvalue weighted by Gasteiger charge is -2.28. The Bertz CT molecular complexity index is 112. The van der Waals surface area contributed by atoms with E-state index >= 15 is 0 Å². The molecule has 0 saturated heterocycles. The van der Waals surface area contributed by atoms with Gasteiger partial charge >= 0.3 is 0 Å². The van der Waals surface area contributed by atoms with E-state index < -0.39 is 0 Å². The van der Waals surface area contributed by atoms with Crippen LogP contribution in [0.5, 0.6) is 0 Å². The van der Waals surface area contributed by atoms with E-state index in [1.165, 1.54) is 32.2 Å². The Morgan fingerprint density at radius 2 is 1.64 bits per heavy atom. The molecule has 0 aromatic carbocycles. The summed E-state index contributed by atoms with van der Waals surface area (Å²) < 4.78 is 0. The number of nitrogens with one attached hydrogen (secondary N) is 1. The van der Waals surface area contributed by atoms with Crippen molar-refractivity contribution in [3.63, 3.8) is 0 Å². The van der Waals surface area contributed by atoms with E-state index in [0.717, 1.165) is 17.9 Å². The van der Waals surface area contributed by atoms with Crippen LogP contribution in [-0.2, 0) is 0 Å². The normalized spacial score (nSPS) is 15.9. The van der Waals surface area contributed by atoms with E-state index in [2.05, 4.69) is 39.9 Å². The zero-order valence-corrected chi connectivity index (χ0v) is 10.8. The summed E-state index contributed by atoms with van der Waals surface area (Å²) in [6, 6.07) is 0.731. The molecule has 0 aliphatic heterocycles. The van der Waals surface area contributed by atoms with E-state index in [9.17, 15) is 0 Å². The van der Waals surface area contributed by atoms with Crippen LogP contribution in [0.15, 0.2) is 0 Å². The molecule has 0 aliphatic carbocycles. The van der Waals surface area contributed by atoms with Crippen LogP contribution < -0.4 is 5.32 Å². The highest BCUT2D eigenvalue weighted by molar-refractivity contribution is 4.75. The summed E-state index contributed by atoms with van der Waals surface area (Å²) in [5, 5.41) is 3.69. The Morgan fingerprint density at radius 3 is 2.07 bits per heavy atom. The molecule has 0 bridgehead atoms. The van der Waals surface area contributed by atoms with Gasteiger partial charge in [-0.15, -0.1) is 0 Å². The van der Waals surface area contributed by atoms with Crippen LogP contribution in [0.3, 0.4) is 0 Å². The summed E-state index contributed by atoms with van der Waals surface area (Å²) in [6.45, 7) is 12.7. The molecule has 1 N–H and O–H groups in total. The fraction of sp³-hybridized carbons (Fsp3) is 1.00. The van der Waals surface area contributed by atoms with Gasteiger partial charge < -0.3 is 5.32 Å². The number of unbranched alkanes of at least 4 members (excludes halogenated alkanes) is 1. The van der Waals surface area contributed by atoms with Crippen LogP contribution in [0.2, 0.25) is 0 Å². The molecule has 0 amide bonds. The van der Waals surface area contributed by atoms with E-state index in [1.54, 1.807) is 0 Å². The minimum atomic E-state index is 0.731. The third-order valence-electron chi connectivity index (χ3n) is 3.21. The molecule has 1 nitrogen and oxygen atoms in total. The standard InChI is InChI=1S/C13H29N/c1-6-8-9-13(14-10-7-2)12(5)11(3)4/h11-14H,6-10H2,1-5H3. The molecule has 0 fully saturated rings. The van der Waals surface area contributed by atoms with Crippen molar-refractivity contribution >= 4 is 0 Å². The summed E-state index contributed by atoms with van der Waals surface area (Å²) in [5.74, 6) is 1.59. The molecule has 14 heavy (non-hydrogen) atoms. The molecule has 0 aromatic heterocycles. The lowest BCUT2D eigenvalue weighted by Crippen LogP contribution is -2.37. The Morgan fingerprint density at radius 1 is 1.00 bits per heavy atom. The van der Waals surface area contributed by atoms with Crippen LogP contribution in [0.1, 0.15) is 60.3 Å². The summed E-state index contributed by atoms with van der Waals surface area (Å²) in [6.07, 6.45) is 5.26. The largest absolute Gasteiger partial charge is 0.314 e. The molecule has 2 atom stereocenters. The molecular weight excluding hydrogens is 170 g/mol. The van der Waals surface area contributed by atoms with Gasteiger partial charge in [0.15, 0.2) is 0 Å². The highest BCUT2D eigenvalue weighted by Crippen LogP contribution is 2.18. The second-order valence-corrected chi connectivity index (χ2v) is 4.81. The second kappa shape index (κ2) is 8.28. The molecule has 0 heterocycles. The zero-order chi connectivity index (χ0) is 11.0. The monoisotopic (exact) mass is 199 g/mol. The molecule has 0 spiro atoms. The lowest BCUT2D eigenvalue weighted by molar-refractivity contribution is 0.281. The zero-order valence-electron chi connectivity index (χ0n) is 10.8. The Balaban J connectivity index is 3.94. The van der Waals surface area contributed by atoms with E-state index in [1.807, 2.05) is 0 Å². The summed E-state index contributed by atoms with van der Waals surface area (Å²) in [5.41, 5.74) is 0. The van der Waals surface area contributed by atoms with Gasteiger partial charge in [-0.05, 0) is 31.2 Å². The summed E-state index contributed by atoms with van der Waals surface area (Å²) in [7, 11) is 0. The van der Waals surface area contributed by atoms with Gasteiger partial charge in [0.1, 0.15) is 0 Å². The number of hydrogen-bond donors (Lipinski definition) is 1. The fourth-order valence-corrected chi connectivity index (χ4v) is 1.77. The van der Waals surface area contributed by atoms with E-state index in [0.29, 0.717) is 0 Å². The van der Waals surface area contributed by atoms with Gasteiger partial charge in [-0.25, -0.2) is 0 Å². The molecule has 0 saturated carbocycles. The average Bonchev–Trinajstić information content (AvgIpc) is 2.17. The first-order chi connectivity index (χ1) is 6.63. The first-order valence-electron chi connectivity index (χ1n) is 6.36. The molecule has 86 valence electrons. The maximum absolute atomic E-state index is 3.69. The van der Waals surface area contributed by atoms with Crippen LogP contribution in [0.25, 0.3) is 0 Å². The highest BCUT2D eigenvalue weighted by atomic mass is 14.9. The van der Waals surface area contributed by atoms with Crippen molar-refractivity contribution in [3.05, 3.63) is 0 Å². The summed E-state index contributed by atoms with van der Waals surface area (Å²) >= 11 is 0. The van der Waals surface area contributed by atoms with E-state index in [-0.39, 0.29) is 0 Å². The van der Waals surface area contributed by atoms with E-state index in [4.69, 9.17) is 0 Å². The van der Waals surface area contributed by atoms with Crippen LogP contribution >= 0.6 is 0 Å². The van der Waals surface area contributed by atoms with Gasteiger partial charge in [0, 0.05) is 6.04 Å².